The number of hydrogen-bond acceptors (Lipinski definition) is 2. The second-order valence-electron chi connectivity index (χ2n) is 5.96. The molecular formula is C19H16BrN3O2. The van der Waals surface area contributed by atoms with Gasteiger partial charge in [-0.05, 0) is 49.2 Å². The molecule has 0 saturated carbocycles. The highest BCUT2D eigenvalue weighted by atomic mass is 79.9. The number of amides is 1. The molecule has 25 heavy (non-hydrogen) atoms. The van der Waals surface area contributed by atoms with E-state index in [9.17, 15) is 9.59 Å². The lowest BCUT2D eigenvalue weighted by Crippen LogP contribution is -2.26. The van der Waals surface area contributed by atoms with E-state index in [0.717, 1.165) is 35.2 Å². The first-order valence-electron chi connectivity index (χ1n) is 8.12. The number of nitrogens with one attached hydrogen (secondary N) is 1. The van der Waals surface area contributed by atoms with Gasteiger partial charge in [0.2, 0.25) is 0 Å². The van der Waals surface area contributed by atoms with E-state index in [1.54, 1.807) is 16.8 Å². The topological polar surface area (TPSA) is 56.0 Å². The average Bonchev–Trinajstić information content (AvgIpc) is 3.17. The fourth-order valence-electron chi connectivity index (χ4n) is 3.25. The summed E-state index contributed by atoms with van der Waals surface area (Å²) >= 11 is 3.37. The van der Waals surface area contributed by atoms with E-state index < -0.39 is 0 Å². The van der Waals surface area contributed by atoms with Crippen molar-refractivity contribution in [3.05, 3.63) is 80.7 Å². The van der Waals surface area contributed by atoms with E-state index in [0.29, 0.717) is 5.69 Å². The van der Waals surface area contributed by atoms with Gasteiger partial charge in [0, 0.05) is 16.7 Å². The zero-order valence-corrected chi connectivity index (χ0v) is 15.0. The molecule has 2 aromatic carbocycles. The Bertz CT molecular complexity index is 988. The number of fused-ring (bicyclic) bond motifs is 1. The van der Waals surface area contributed by atoms with Crippen LogP contribution in [0.4, 0.5) is 5.69 Å². The third-order valence-corrected chi connectivity index (χ3v) is 4.89. The summed E-state index contributed by atoms with van der Waals surface area (Å²) in [6, 6.07) is 16.7. The Balaban J connectivity index is 1.77. The van der Waals surface area contributed by atoms with E-state index in [4.69, 9.17) is 0 Å². The lowest BCUT2D eigenvalue weighted by Gasteiger charge is -2.08. The molecule has 5 nitrogen and oxygen atoms in total. The molecule has 0 fully saturated rings. The number of carbonyl (C=O) groups is 1. The molecule has 6 heteroatoms. The van der Waals surface area contributed by atoms with Gasteiger partial charge in [-0.2, -0.15) is 0 Å². The van der Waals surface area contributed by atoms with E-state index in [1.165, 1.54) is 0 Å². The Morgan fingerprint density at radius 1 is 1.04 bits per heavy atom. The van der Waals surface area contributed by atoms with Crippen LogP contribution in [0.15, 0.2) is 63.9 Å². The molecule has 2 heterocycles. The average molecular weight is 398 g/mol. The van der Waals surface area contributed by atoms with Gasteiger partial charge in [0.15, 0.2) is 0 Å². The van der Waals surface area contributed by atoms with Crippen molar-refractivity contribution >= 4 is 27.5 Å². The molecule has 0 aliphatic carbocycles. The number of hydrogen-bond donors (Lipinski definition) is 1. The molecule has 126 valence electrons. The highest BCUT2D eigenvalue weighted by Crippen LogP contribution is 2.21. The summed E-state index contributed by atoms with van der Waals surface area (Å²) in [6.45, 7) is 0.741. The Morgan fingerprint density at radius 3 is 2.48 bits per heavy atom. The summed E-state index contributed by atoms with van der Waals surface area (Å²) in [4.78, 5) is 25.7. The SMILES string of the molecule is O=C(Nc1ccc(Br)cc1)c1c2n(n(-c3ccccc3)c1=O)CCC2. The fourth-order valence-corrected chi connectivity index (χ4v) is 3.52. The van der Waals surface area contributed by atoms with Crippen LogP contribution in [0.3, 0.4) is 0 Å². The summed E-state index contributed by atoms with van der Waals surface area (Å²) in [7, 11) is 0. The van der Waals surface area contributed by atoms with Crippen molar-refractivity contribution in [1.82, 2.24) is 9.36 Å². The number of benzene rings is 2. The maximum Gasteiger partial charge on any atom is 0.284 e. The smallest absolute Gasteiger partial charge is 0.284 e. The number of halogens is 1. The summed E-state index contributed by atoms with van der Waals surface area (Å²) in [5.41, 5.74) is 2.22. The molecule has 1 N–H and O–H groups in total. The first-order chi connectivity index (χ1) is 12.1. The van der Waals surface area contributed by atoms with Crippen molar-refractivity contribution < 1.29 is 4.79 Å². The summed E-state index contributed by atoms with van der Waals surface area (Å²) < 4.78 is 4.47. The summed E-state index contributed by atoms with van der Waals surface area (Å²) in [5, 5.41) is 2.83. The molecule has 0 spiro atoms. The summed E-state index contributed by atoms with van der Waals surface area (Å²) in [5.74, 6) is -0.354. The number of para-hydroxylation sites is 1. The zero-order valence-electron chi connectivity index (χ0n) is 13.4. The van der Waals surface area contributed by atoms with Gasteiger partial charge < -0.3 is 5.32 Å². The third-order valence-electron chi connectivity index (χ3n) is 4.36. The third kappa shape index (κ3) is 2.82. The van der Waals surface area contributed by atoms with Crippen molar-refractivity contribution in [1.29, 1.82) is 0 Å². The van der Waals surface area contributed by atoms with Crippen LogP contribution < -0.4 is 10.9 Å². The van der Waals surface area contributed by atoms with E-state index in [-0.39, 0.29) is 17.0 Å². The van der Waals surface area contributed by atoms with Crippen molar-refractivity contribution in [3.8, 4) is 5.69 Å². The van der Waals surface area contributed by atoms with Crippen LogP contribution in [0.1, 0.15) is 22.5 Å². The Kier molecular flexibility index (Phi) is 4.05. The Morgan fingerprint density at radius 2 is 1.76 bits per heavy atom. The maximum atomic E-state index is 13.0. The largest absolute Gasteiger partial charge is 0.322 e. The van der Waals surface area contributed by atoms with Gasteiger partial charge in [0.05, 0.1) is 11.4 Å². The minimum Gasteiger partial charge on any atom is -0.322 e. The van der Waals surface area contributed by atoms with Crippen molar-refractivity contribution in [2.24, 2.45) is 0 Å². The van der Waals surface area contributed by atoms with Gasteiger partial charge in [0.1, 0.15) is 5.56 Å². The molecule has 1 aliphatic heterocycles. The summed E-state index contributed by atoms with van der Waals surface area (Å²) in [6.07, 6.45) is 1.67. The predicted octanol–water partition coefficient (Wildman–Crippen LogP) is 3.60. The van der Waals surface area contributed by atoms with Crippen LogP contribution in [-0.2, 0) is 13.0 Å². The van der Waals surface area contributed by atoms with Crippen LogP contribution >= 0.6 is 15.9 Å². The highest BCUT2D eigenvalue weighted by Gasteiger charge is 2.28. The van der Waals surface area contributed by atoms with E-state index in [2.05, 4.69) is 21.2 Å². The minimum absolute atomic E-state index is 0.240. The molecular weight excluding hydrogens is 382 g/mol. The minimum atomic E-state index is -0.354. The molecule has 0 radical (unpaired) electrons. The zero-order chi connectivity index (χ0) is 17.4. The Hall–Kier alpha value is -2.60. The van der Waals surface area contributed by atoms with Gasteiger partial charge in [0.25, 0.3) is 11.5 Å². The van der Waals surface area contributed by atoms with Gasteiger partial charge in [-0.15, -0.1) is 0 Å². The molecule has 0 unspecified atom stereocenters. The monoisotopic (exact) mass is 397 g/mol. The van der Waals surface area contributed by atoms with E-state index >= 15 is 0 Å². The fraction of sp³-hybridized carbons (Fsp3) is 0.158. The lowest BCUT2D eigenvalue weighted by molar-refractivity contribution is 0.102. The molecule has 3 aromatic rings. The first-order valence-corrected chi connectivity index (χ1v) is 8.91. The lowest BCUT2D eigenvalue weighted by atomic mass is 10.1. The molecule has 0 bridgehead atoms. The molecule has 1 aromatic heterocycles. The second kappa shape index (κ2) is 6.37. The molecule has 4 rings (SSSR count). The predicted molar refractivity (Wildman–Crippen MR) is 100 cm³/mol. The molecule has 1 aliphatic rings. The number of aromatic nitrogens is 2. The van der Waals surface area contributed by atoms with Crippen molar-refractivity contribution in [3.63, 3.8) is 0 Å². The molecule has 0 atom stereocenters. The molecule has 1 amide bonds. The van der Waals surface area contributed by atoms with Gasteiger partial charge >= 0.3 is 0 Å². The maximum absolute atomic E-state index is 13.0. The van der Waals surface area contributed by atoms with Gasteiger partial charge in [-0.1, -0.05) is 34.1 Å². The second-order valence-corrected chi connectivity index (χ2v) is 6.88. The van der Waals surface area contributed by atoms with Gasteiger partial charge in [-0.3, -0.25) is 14.3 Å². The van der Waals surface area contributed by atoms with Crippen LogP contribution in [0, 0.1) is 0 Å². The van der Waals surface area contributed by atoms with E-state index in [1.807, 2.05) is 47.1 Å². The Labute approximate surface area is 153 Å². The van der Waals surface area contributed by atoms with Crippen LogP contribution in [-0.4, -0.2) is 15.3 Å². The van der Waals surface area contributed by atoms with Crippen LogP contribution in [0.25, 0.3) is 5.69 Å². The standard InChI is InChI=1S/C19H16BrN3O2/c20-13-8-10-14(11-9-13)21-18(24)17-16-7-4-12-22(16)23(19(17)25)15-5-2-1-3-6-15/h1-3,5-6,8-11H,4,7,12H2,(H,21,24). The highest BCUT2D eigenvalue weighted by molar-refractivity contribution is 9.10. The van der Waals surface area contributed by atoms with Crippen molar-refractivity contribution in [2.45, 2.75) is 19.4 Å². The van der Waals surface area contributed by atoms with Crippen molar-refractivity contribution in [2.75, 3.05) is 5.32 Å². The number of anilines is 1. The normalized spacial score (nSPS) is 12.8. The van der Waals surface area contributed by atoms with Crippen LogP contribution in [0.2, 0.25) is 0 Å². The van der Waals surface area contributed by atoms with Crippen LogP contribution in [0.5, 0.6) is 0 Å². The molecule has 0 saturated heterocycles. The number of carbonyl (C=O) groups excluding carboxylic acids is 1. The first kappa shape index (κ1) is 15.9. The number of nitrogens with zero attached hydrogens (tertiary/aromatic N) is 2. The van der Waals surface area contributed by atoms with Gasteiger partial charge in [-0.25, -0.2) is 4.68 Å². The number of rotatable bonds is 3. The quantitative estimate of drug-likeness (QED) is 0.733.